The van der Waals surface area contributed by atoms with Crippen molar-refractivity contribution in [2.45, 2.75) is 78.0 Å². The van der Waals surface area contributed by atoms with E-state index in [-0.39, 0.29) is 53.3 Å². The molecule has 0 amide bonds. The van der Waals surface area contributed by atoms with Gasteiger partial charge in [-0.25, -0.2) is 14.1 Å². The van der Waals surface area contributed by atoms with E-state index in [0.29, 0.717) is 0 Å². The van der Waals surface area contributed by atoms with Gasteiger partial charge in [-0.05, 0) is 51.3 Å². The Morgan fingerprint density at radius 2 is 1.81 bits per heavy atom. The summed E-state index contributed by atoms with van der Waals surface area (Å²) in [5, 5.41) is 36.7. The molecule has 0 radical (unpaired) electrons. The van der Waals surface area contributed by atoms with Crippen molar-refractivity contribution < 1.29 is 54.1 Å². The summed E-state index contributed by atoms with van der Waals surface area (Å²) in [5.74, 6) is -1.71. The van der Waals surface area contributed by atoms with Gasteiger partial charge in [-0.2, -0.15) is 5.10 Å². The van der Waals surface area contributed by atoms with Crippen LogP contribution in [0.4, 0.5) is 4.39 Å². The summed E-state index contributed by atoms with van der Waals surface area (Å²) in [4.78, 5) is 15.7. The predicted octanol–water partition coefficient (Wildman–Crippen LogP) is 0.693. The zero-order valence-corrected chi connectivity index (χ0v) is 24.0. The van der Waals surface area contributed by atoms with Gasteiger partial charge in [-0.3, -0.25) is 0 Å². The average Bonchev–Trinajstić information content (AvgIpc) is 3.08. The summed E-state index contributed by atoms with van der Waals surface area (Å²) in [7, 11) is 0. The molecule has 7 nitrogen and oxygen atoms in total. The fourth-order valence-electron chi connectivity index (χ4n) is 4.18. The topological polar surface area (TPSA) is 111 Å². The van der Waals surface area contributed by atoms with E-state index < -0.39 is 24.6 Å². The normalized spacial score (nSPS) is 13.8. The second kappa shape index (κ2) is 12.0. The van der Waals surface area contributed by atoms with Gasteiger partial charge in [0.25, 0.3) is 0 Å². The van der Waals surface area contributed by atoms with Crippen LogP contribution in [0.15, 0.2) is 30.3 Å². The molecule has 2 aromatic heterocycles. The van der Waals surface area contributed by atoms with Crippen molar-refractivity contribution in [3.63, 3.8) is 0 Å². The number of aryl methyl sites for hydroxylation is 1. The number of carbonyl (C=O) groups is 1. The summed E-state index contributed by atoms with van der Waals surface area (Å²) < 4.78 is 15.7. The van der Waals surface area contributed by atoms with Crippen LogP contribution in [0.1, 0.15) is 70.3 Å². The molecular formula is C27H33FN3NaO4. The minimum absolute atomic E-state index is 0. The molecule has 2 atom stereocenters. The number of fused-ring (bicyclic) bond motifs is 1. The van der Waals surface area contributed by atoms with Crippen molar-refractivity contribution in [2.75, 3.05) is 0 Å². The van der Waals surface area contributed by atoms with Crippen LogP contribution < -0.4 is 34.7 Å². The van der Waals surface area contributed by atoms with Crippen LogP contribution in [0.25, 0.3) is 28.2 Å². The monoisotopic (exact) mass is 505 g/mol. The van der Waals surface area contributed by atoms with E-state index in [1.807, 2.05) is 25.5 Å². The number of carbonyl (C=O) groups excluding carboxylic acids is 1. The van der Waals surface area contributed by atoms with E-state index >= 15 is 0 Å². The molecule has 0 fully saturated rings. The Balaban J connectivity index is 0.00000456. The fourth-order valence-corrected chi connectivity index (χ4v) is 4.18. The van der Waals surface area contributed by atoms with Gasteiger partial charge < -0.3 is 20.1 Å². The van der Waals surface area contributed by atoms with Crippen molar-refractivity contribution in [3.8, 4) is 11.1 Å². The van der Waals surface area contributed by atoms with Gasteiger partial charge in [0.15, 0.2) is 5.65 Å². The Hall–Kier alpha value is -2.10. The number of carboxylic acids is 1. The van der Waals surface area contributed by atoms with Gasteiger partial charge >= 0.3 is 29.6 Å². The largest absolute Gasteiger partial charge is 1.00 e. The Kier molecular flexibility index (Phi) is 10.0. The molecule has 2 unspecified atom stereocenters. The molecule has 36 heavy (non-hydrogen) atoms. The van der Waals surface area contributed by atoms with Crippen LogP contribution in [0, 0.1) is 12.7 Å². The third-order valence-electron chi connectivity index (χ3n) is 5.77. The maximum atomic E-state index is 13.8. The Morgan fingerprint density at radius 1 is 1.19 bits per heavy atom. The van der Waals surface area contributed by atoms with Crippen molar-refractivity contribution in [3.05, 3.63) is 53.1 Å². The molecule has 188 valence electrons. The van der Waals surface area contributed by atoms with Crippen LogP contribution in [-0.4, -0.2) is 43.2 Å². The van der Waals surface area contributed by atoms with E-state index in [1.54, 1.807) is 18.2 Å². The van der Waals surface area contributed by atoms with Crippen LogP contribution in [-0.2, 0) is 10.3 Å². The number of rotatable bonds is 8. The first-order valence-corrected chi connectivity index (χ1v) is 11.7. The summed E-state index contributed by atoms with van der Waals surface area (Å²) in [6.45, 7) is 12.1. The SMILES string of the molecule is Cc1nn(C(C)(C)C)c2nc(C(C)C)c(/C=C/C(O)CC(O)CC(=O)[O-])c(-c3ccc(F)cc3)c12.[Na+]. The van der Waals surface area contributed by atoms with Gasteiger partial charge in [0.1, 0.15) is 5.82 Å². The minimum Gasteiger partial charge on any atom is -0.550 e. The van der Waals surface area contributed by atoms with Gasteiger partial charge in [0, 0.05) is 29.9 Å². The number of benzene rings is 1. The molecule has 0 bridgehead atoms. The molecule has 0 spiro atoms. The zero-order valence-electron chi connectivity index (χ0n) is 22.0. The third-order valence-corrected chi connectivity index (χ3v) is 5.77. The minimum atomic E-state index is -1.38. The number of nitrogens with zero attached hydrogens (tertiary/aromatic N) is 3. The molecule has 0 aliphatic rings. The third kappa shape index (κ3) is 6.81. The molecule has 9 heteroatoms. The first kappa shape index (κ1) is 30.1. The number of aromatic nitrogens is 3. The Morgan fingerprint density at radius 3 is 2.33 bits per heavy atom. The molecule has 0 saturated heterocycles. The first-order chi connectivity index (χ1) is 16.3. The number of aliphatic hydroxyl groups is 2. The quantitative estimate of drug-likeness (QED) is 0.436. The van der Waals surface area contributed by atoms with Crippen LogP contribution >= 0.6 is 0 Å². The van der Waals surface area contributed by atoms with Gasteiger partial charge in [-0.1, -0.05) is 38.1 Å². The second-order valence-corrected chi connectivity index (χ2v) is 10.2. The number of aliphatic carboxylic acids is 1. The summed E-state index contributed by atoms with van der Waals surface area (Å²) in [6, 6.07) is 6.22. The van der Waals surface area contributed by atoms with Gasteiger partial charge in [0.05, 0.1) is 34.5 Å². The molecule has 3 rings (SSSR count). The molecular weight excluding hydrogens is 472 g/mol. The maximum Gasteiger partial charge on any atom is 1.00 e. The van der Waals surface area contributed by atoms with Gasteiger partial charge in [-0.15, -0.1) is 0 Å². The number of halogens is 1. The Labute approximate surface area is 233 Å². The van der Waals surface area contributed by atoms with Crippen molar-refractivity contribution in [1.29, 1.82) is 0 Å². The van der Waals surface area contributed by atoms with Gasteiger partial charge in [0.2, 0.25) is 0 Å². The number of hydrogen-bond donors (Lipinski definition) is 2. The molecule has 2 heterocycles. The van der Waals surface area contributed by atoms with E-state index in [2.05, 4.69) is 20.8 Å². The second-order valence-electron chi connectivity index (χ2n) is 10.2. The number of hydrogen-bond acceptors (Lipinski definition) is 6. The number of pyridine rings is 1. The zero-order chi connectivity index (χ0) is 26.1. The number of carboxylic acid groups (broad SMARTS) is 1. The average molecular weight is 506 g/mol. The molecule has 3 aromatic rings. The fraction of sp³-hybridized carbons (Fsp3) is 0.444. The predicted molar refractivity (Wildman–Crippen MR) is 132 cm³/mol. The molecule has 1 aromatic carbocycles. The molecule has 2 N–H and O–H groups in total. The van der Waals surface area contributed by atoms with E-state index in [1.165, 1.54) is 18.2 Å². The maximum absolute atomic E-state index is 13.8. The summed E-state index contributed by atoms with van der Waals surface area (Å²) >= 11 is 0. The van der Waals surface area contributed by atoms with E-state index in [4.69, 9.17) is 10.1 Å². The van der Waals surface area contributed by atoms with E-state index in [0.717, 1.165) is 39.1 Å². The number of aliphatic hydroxyl groups excluding tert-OH is 2. The molecule has 0 aliphatic carbocycles. The summed E-state index contributed by atoms with van der Waals surface area (Å²) in [6.07, 6.45) is 0.244. The summed E-state index contributed by atoms with van der Waals surface area (Å²) in [5.41, 5.74) is 4.31. The Bertz CT molecular complexity index is 1250. The van der Waals surface area contributed by atoms with Crippen molar-refractivity contribution in [1.82, 2.24) is 14.8 Å². The smallest absolute Gasteiger partial charge is 0.550 e. The van der Waals surface area contributed by atoms with E-state index in [9.17, 15) is 24.5 Å². The van der Waals surface area contributed by atoms with Crippen LogP contribution in [0.3, 0.4) is 0 Å². The molecule has 0 saturated carbocycles. The van der Waals surface area contributed by atoms with Crippen LogP contribution in [0.5, 0.6) is 0 Å². The van der Waals surface area contributed by atoms with Crippen molar-refractivity contribution in [2.24, 2.45) is 0 Å². The first-order valence-electron chi connectivity index (χ1n) is 11.7. The van der Waals surface area contributed by atoms with Crippen LogP contribution in [0.2, 0.25) is 0 Å². The van der Waals surface area contributed by atoms with Crippen molar-refractivity contribution >= 4 is 23.1 Å². The standard InChI is InChI=1S/C27H34FN3O4.Na/c1-15(2)25-21(12-11-19(32)13-20(33)14-22(34)35)24(17-7-9-18(28)10-8-17)23-16(3)30-31(26(23)29-25)27(4,5)6;/h7-12,15,19-20,32-33H,13-14H2,1-6H3,(H,34,35);/q;+1/p-1/b12-11+;. The molecule has 0 aliphatic heterocycles.